The number of carbonyl (C=O) groups is 1. The Morgan fingerprint density at radius 1 is 1.47 bits per heavy atom. The lowest BCUT2D eigenvalue weighted by Gasteiger charge is -2.12. The van der Waals surface area contributed by atoms with Crippen LogP contribution in [0.5, 0.6) is 0 Å². The lowest BCUT2D eigenvalue weighted by Crippen LogP contribution is -2.27. The van der Waals surface area contributed by atoms with Gasteiger partial charge < -0.3 is 4.74 Å². The Bertz CT molecular complexity index is 324. The Hall–Kier alpha value is -1.81. The molecule has 0 fully saturated rings. The molecule has 0 aliphatic rings. The van der Waals surface area contributed by atoms with E-state index in [9.17, 15) is 4.79 Å². The third-order valence-corrected chi connectivity index (χ3v) is 1.72. The normalized spacial score (nSPS) is 9.40. The fourth-order valence-corrected chi connectivity index (χ4v) is 0.991. The minimum absolute atomic E-state index is 0.0492. The second kappa shape index (κ2) is 5.82. The van der Waals surface area contributed by atoms with Gasteiger partial charge in [0.25, 0.3) is 0 Å². The molecule has 0 saturated heterocycles. The monoisotopic (exact) mass is 207 g/mol. The van der Waals surface area contributed by atoms with Crippen molar-refractivity contribution in [3.05, 3.63) is 48.6 Å². The largest absolute Gasteiger partial charge is 0.443 e. The van der Waals surface area contributed by atoms with Gasteiger partial charge in [-0.05, 0) is 5.56 Å². The molecule has 0 aliphatic carbocycles. The molecule has 4 heteroatoms. The van der Waals surface area contributed by atoms with Gasteiger partial charge in [0, 0.05) is 0 Å². The summed E-state index contributed by atoms with van der Waals surface area (Å²) in [7, 11) is 0. The molecule has 0 aromatic heterocycles. The summed E-state index contributed by atoms with van der Waals surface area (Å²) in [6, 6.07) is 9.25. The zero-order valence-corrected chi connectivity index (χ0v) is 8.30. The third kappa shape index (κ3) is 3.83. The van der Waals surface area contributed by atoms with E-state index in [0.717, 1.165) is 5.56 Å². The topological polar surface area (TPSA) is 49.8 Å². The summed E-state index contributed by atoms with van der Waals surface area (Å²) in [5, 5.41) is 9.55. The molecule has 1 rings (SSSR count). The Morgan fingerprint density at radius 3 is 2.73 bits per heavy atom. The van der Waals surface area contributed by atoms with Gasteiger partial charge in [-0.15, -0.1) is 6.58 Å². The van der Waals surface area contributed by atoms with E-state index in [1.807, 2.05) is 30.3 Å². The van der Waals surface area contributed by atoms with E-state index >= 15 is 0 Å². The van der Waals surface area contributed by atoms with Crippen LogP contribution in [-0.2, 0) is 11.3 Å². The number of rotatable bonds is 4. The standard InChI is InChI=1S/C11H13NO3/c1-2-8-12(14)11(13)15-9-10-6-4-3-5-7-10/h2-7,14H,1,8-9H2. The van der Waals surface area contributed by atoms with Crippen molar-refractivity contribution in [2.75, 3.05) is 6.54 Å². The minimum atomic E-state index is -0.779. The highest BCUT2D eigenvalue weighted by Crippen LogP contribution is 2.02. The van der Waals surface area contributed by atoms with Gasteiger partial charge in [0.05, 0.1) is 6.54 Å². The van der Waals surface area contributed by atoms with Gasteiger partial charge in [-0.2, -0.15) is 5.06 Å². The summed E-state index contributed by atoms with van der Waals surface area (Å²) in [4.78, 5) is 11.1. The fourth-order valence-electron chi connectivity index (χ4n) is 0.991. The van der Waals surface area contributed by atoms with Crippen LogP contribution in [0.2, 0.25) is 0 Å². The number of ether oxygens (including phenoxy) is 1. The van der Waals surface area contributed by atoms with E-state index in [-0.39, 0.29) is 13.2 Å². The van der Waals surface area contributed by atoms with E-state index in [1.165, 1.54) is 6.08 Å². The summed E-state index contributed by atoms with van der Waals surface area (Å²) in [5.74, 6) is 0. The second-order valence-corrected chi connectivity index (χ2v) is 2.91. The first kappa shape index (κ1) is 11.3. The molecule has 1 aromatic rings. The maximum atomic E-state index is 11.1. The van der Waals surface area contributed by atoms with Crippen LogP contribution in [0.25, 0.3) is 0 Å². The molecule has 15 heavy (non-hydrogen) atoms. The Labute approximate surface area is 88.3 Å². The quantitative estimate of drug-likeness (QED) is 0.467. The van der Waals surface area contributed by atoms with Gasteiger partial charge >= 0.3 is 6.09 Å². The molecule has 0 saturated carbocycles. The molecule has 0 atom stereocenters. The molecule has 1 N–H and O–H groups in total. The number of hydroxylamine groups is 2. The van der Waals surface area contributed by atoms with Gasteiger partial charge in [-0.25, -0.2) is 4.79 Å². The van der Waals surface area contributed by atoms with Crippen LogP contribution in [0.3, 0.4) is 0 Å². The first-order valence-electron chi connectivity index (χ1n) is 4.52. The Kier molecular flexibility index (Phi) is 4.37. The summed E-state index contributed by atoms with van der Waals surface area (Å²) in [6.07, 6.45) is 0.628. The zero-order chi connectivity index (χ0) is 11.1. The van der Waals surface area contributed by atoms with Crippen molar-refractivity contribution < 1.29 is 14.7 Å². The van der Waals surface area contributed by atoms with Crippen molar-refractivity contribution >= 4 is 6.09 Å². The summed E-state index contributed by atoms with van der Waals surface area (Å²) in [6.45, 7) is 3.59. The molecule has 0 spiro atoms. The van der Waals surface area contributed by atoms with Crippen LogP contribution in [0.1, 0.15) is 5.56 Å². The van der Waals surface area contributed by atoms with Crippen molar-refractivity contribution in [2.45, 2.75) is 6.61 Å². The molecule has 0 radical (unpaired) electrons. The zero-order valence-electron chi connectivity index (χ0n) is 8.30. The SMILES string of the molecule is C=CCN(O)C(=O)OCc1ccccc1. The summed E-state index contributed by atoms with van der Waals surface area (Å²) in [5.41, 5.74) is 0.873. The van der Waals surface area contributed by atoms with Crippen LogP contribution in [0.15, 0.2) is 43.0 Å². The number of nitrogens with zero attached hydrogens (tertiary/aromatic N) is 1. The third-order valence-electron chi connectivity index (χ3n) is 1.72. The highest BCUT2D eigenvalue weighted by atomic mass is 16.6. The molecule has 0 unspecified atom stereocenters. The molecule has 1 aromatic carbocycles. The van der Waals surface area contributed by atoms with Gasteiger partial charge in [0.1, 0.15) is 6.61 Å². The lowest BCUT2D eigenvalue weighted by molar-refractivity contribution is -0.0672. The predicted octanol–water partition coefficient (Wildman–Crippen LogP) is 2.20. The van der Waals surface area contributed by atoms with Crippen molar-refractivity contribution in [3.8, 4) is 0 Å². The minimum Gasteiger partial charge on any atom is -0.443 e. The molecule has 0 bridgehead atoms. The van der Waals surface area contributed by atoms with Gasteiger partial charge in [0.15, 0.2) is 0 Å². The van der Waals surface area contributed by atoms with E-state index in [4.69, 9.17) is 9.94 Å². The number of amides is 1. The van der Waals surface area contributed by atoms with Crippen molar-refractivity contribution in [2.24, 2.45) is 0 Å². The van der Waals surface area contributed by atoms with Gasteiger partial charge in [-0.3, -0.25) is 5.21 Å². The predicted molar refractivity (Wildman–Crippen MR) is 55.3 cm³/mol. The molecule has 0 aliphatic heterocycles. The molecule has 4 nitrogen and oxygen atoms in total. The van der Waals surface area contributed by atoms with Crippen LogP contribution in [-0.4, -0.2) is 22.9 Å². The molecular weight excluding hydrogens is 194 g/mol. The van der Waals surface area contributed by atoms with Crippen LogP contribution in [0, 0.1) is 0 Å². The molecule has 1 amide bonds. The number of hydrogen-bond acceptors (Lipinski definition) is 3. The average Bonchev–Trinajstić information content (AvgIpc) is 2.27. The first-order valence-corrected chi connectivity index (χ1v) is 4.52. The Morgan fingerprint density at radius 2 is 2.13 bits per heavy atom. The fraction of sp³-hybridized carbons (Fsp3) is 0.182. The number of carbonyl (C=O) groups excluding carboxylic acids is 1. The van der Waals surface area contributed by atoms with E-state index in [1.54, 1.807) is 0 Å². The van der Waals surface area contributed by atoms with Crippen LogP contribution in [0.4, 0.5) is 4.79 Å². The first-order chi connectivity index (χ1) is 7.24. The number of benzene rings is 1. The van der Waals surface area contributed by atoms with Gasteiger partial charge in [0.2, 0.25) is 0 Å². The molecular formula is C11H13NO3. The molecule has 80 valence electrons. The van der Waals surface area contributed by atoms with Crippen LogP contribution < -0.4 is 0 Å². The van der Waals surface area contributed by atoms with E-state index in [0.29, 0.717) is 5.06 Å². The summed E-state index contributed by atoms with van der Waals surface area (Å²) >= 11 is 0. The number of hydrogen-bond donors (Lipinski definition) is 1. The van der Waals surface area contributed by atoms with Gasteiger partial charge in [-0.1, -0.05) is 36.4 Å². The van der Waals surface area contributed by atoms with Crippen molar-refractivity contribution in [1.82, 2.24) is 5.06 Å². The van der Waals surface area contributed by atoms with Crippen molar-refractivity contribution in [1.29, 1.82) is 0 Å². The maximum absolute atomic E-state index is 11.1. The lowest BCUT2D eigenvalue weighted by atomic mass is 10.2. The maximum Gasteiger partial charge on any atom is 0.434 e. The molecule has 0 heterocycles. The van der Waals surface area contributed by atoms with E-state index < -0.39 is 6.09 Å². The summed E-state index contributed by atoms with van der Waals surface area (Å²) < 4.78 is 4.83. The van der Waals surface area contributed by atoms with Crippen LogP contribution >= 0.6 is 0 Å². The highest BCUT2D eigenvalue weighted by Gasteiger charge is 2.09. The van der Waals surface area contributed by atoms with Crippen molar-refractivity contribution in [3.63, 3.8) is 0 Å². The highest BCUT2D eigenvalue weighted by molar-refractivity contribution is 5.66. The average molecular weight is 207 g/mol. The second-order valence-electron chi connectivity index (χ2n) is 2.91. The smallest absolute Gasteiger partial charge is 0.434 e. The Balaban J connectivity index is 2.37. The van der Waals surface area contributed by atoms with E-state index in [2.05, 4.69) is 6.58 Å².